The second-order valence-electron chi connectivity index (χ2n) is 8.05. The number of carbonyl (C=O) groups is 1. The minimum absolute atomic E-state index is 0.218. The Morgan fingerprint density at radius 2 is 1.76 bits per heavy atom. The number of nitrogens with one attached hydrogen (secondary N) is 2. The molecule has 0 unspecified atom stereocenters. The molecule has 1 fully saturated rings. The van der Waals surface area contributed by atoms with E-state index in [1.807, 2.05) is 0 Å². The normalized spacial score (nSPS) is 14.5. The Morgan fingerprint density at radius 1 is 1.06 bits per heavy atom. The van der Waals surface area contributed by atoms with Crippen molar-refractivity contribution in [2.75, 3.05) is 17.8 Å². The monoisotopic (exact) mass is 480 g/mol. The number of hydrogen-bond acceptors (Lipinski definition) is 6. The van der Waals surface area contributed by atoms with E-state index in [2.05, 4.69) is 24.7 Å². The fraction of sp³-hybridized carbons (Fsp3) is 0.217. The number of benzene rings is 1. The maximum atomic E-state index is 15.3. The number of aryl methyl sites for hydroxylation is 1. The molecule has 0 atom stereocenters. The molecule has 1 aliphatic heterocycles. The molecule has 4 heterocycles. The van der Waals surface area contributed by atoms with Gasteiger partial charge in [0.05, 0.1) is 11.3 Å². The van der Waals surface area contributed by atoms with Gasteiger partial charge in [0.15, 0.2) is 11.6 Å². The van der Waals surface area contributed by atoms with Crippen LogP contribution in [0.4, 0.5) is 10.1 Å². The molecule has 9 nitrogen and oxygen atoms in total. The molecule has 0 radical (unpaired) electrons. The molecule has 11 heteroatoms. The van der Waals surface area contributed by atoms with Crippen molar-refractivity contribution >= 4 is 32.7 Å². The molecule has 1 saturated heterocycles. The number of hydrogen-bond donors (Lipinski definition) is 2. The molecule has 1 aliphatic rings. The van der Waals surface area contributed by atoms with Crippen LogP contribution in [0, 0.1) is 12.7 Å². The number of halogens is 1. The summed E-state index contributed by atoms with van der Waals surface area (Å²) in [5.74, 6) is -0.892. The highest BCUT2D eigenvalue weighted by Gasteiger charge is 2.27. The summed E-state index contributed by atoms with van der Waals surface area (Å²) in [5, 5.41) is 0.505. The molecule has 3 aromatic heterocycles. The minimum atomic E-state index is -3.90. The van der Waals surface area contributed by atoms with E-state index in [9.17, 15) is 13.2 Å². The van der Waals surface area contributed by atoms with Crippen LogP contribution in [-0.2, 0) is 10.2 Å². The Balaban J connectivity index is 1.50. The van der Waals surface area contributed by atoms with Crippen molar-refractivity contribution in [1.82, 2.24) is 24.2 Å². The van der Waals surface area contributed by atoms with E-state index in [1.165, 1.54) is 28.7 Å². The number of rotatable bonds is 6. The van der Waals surface area contributed by atoms with Crippen molar-refractivity contribution in [2.45, 2.75) is 19.8 Å². The van der Waals surface area contributed by atoms with Gasteiger partial charge in [-0.2, -0.15) is 12.7 Å². The number of H-pyrrole nitrogens is 1. The average Bonchev–Trinajstić information content (AvgIpc) is 3.51. The molecule has 0 aliphatic carbocycles. The first-order chi connectivity index (χ1) is 16.3. The van der Waals surface area contributed by atoms with E-state index >= 15 is 4.39 Å². The Kier molecular flexibility index (Phi) is 5.58. The van der Waals surface area contributed by atoms with Crippen LogP contribution in [0.1, 0.15) is 34.6 Å². The number of ketones is 1. The van der Waals surface area contributed by atoms with Crippen molar-refractivity contribution < 1.29 is 17.6 Å². The van der Waals surface area contributed by atoms with Gasteiger partial charge in [-0.25, -0.2) is 19.3 Å². The van der Waals surface area contributed by atoms with Crippen molar-refractivity contribution in [1.29, 1.82) is 0 Å². The number of anilines is 1. The Labute approximate surface area is 195 Å². The highest BCUT2D eigenvalue weighted by molar-refractivity contribution is 7.90. The molecule has 2 N–H and O–H groups in total. The molecule has 34 heavy (non-hydrogen) atoms. The van der Waals surface area contributed by atoms with Gasteiger partial charge in [-0.15, -0.1) is 0 Å². The lowest BCUT2D eigenvalue weighted by Crippen LogP contribution is -2.33. The van der Waals surface area contributed by atoms with E-state index < -0.39 is 21.8 Å². The van der Waals surface area contributed by atoms with Crippen LogP contribution < -0.4 is 4.72 Å². The summed E-state index contributed by atoms with van der Waals surface area (Å²) in [6, 6.07) is 5.83. The highest BCUT2D eigenvalue weighted by atomic mass is 32.2. The summed E-state index contributed by atoms with van der Waals surface area (Å²) in [6.07, 6.45) is 7.94. The minimum Gasteiger partial charge on any atom is -0.345 e. The lowest BCUT2D eigenvalue weighted by molar-refractivity contribution is 0.103. The fourth-order valence-corrected chi connectivity index (χ4v) is 5.26. The van der Waals surface area contributed by atoms with Gasteiger partial charge in [0.1, 0.15) is 11.5 Å². The molecule has 1 aromatic carbocycles. The van der Waals surface area contributed by atoms with Gasteiger partial charge in [-0.1, -0.05) is 6.07 Å². The van der Waals surface area contributed by atoms with E-state index in [0.717, 1.165) is 18.4 Å². The molecule has 0 saturated carbocycles. The maximum absolute atomic E-state index is 15.3. The zero-order chi connectivity index (χ0) is 23.9. The van der Waals surface area contributed by atoms with Crippen LogP contribution in [0.2, 0.25) is 0 Å². The summed E-state index contributed by atoms with van der Waals surface area (Å²) in [6.45, 7) is 2.54. The number of fused-ring (bicyclic) bond motifs is 1. The standard InChI is InChI=1S/C23H21FN6O3S/c1-14-25-11-16(12-26-14)15-9-18-19(13-28-23(18)27-10-15)22(31)17-5-4-6-20(21(17)24)29-34(32,33)30-7-2-3-8-30/h4-6,9-13,29H,2-3,7-8H2,1H3,(H,27,28). The van der Waals surface area contributed by atoms with Crippen LogP contribution >= 0.6 is 0 Å². The van der Waals surface area contributed by atoms with Gasteiger partial charge in [-0.05, 0) is 38.0 Å². The van der Waals surface area contributed by atoms with E-state index in [4.69, 9.17) is 0 Å². The average molecular weight is 481 g/mol. The topological polar surface area (TPSA) is 121 Å². The van der Waals surface area contributed by atoms with Crippen LogP contribution in [0.3, 0.4) is 0 Å². The molecule has 174 valence electrons. The van der Waals surface area contributed by atoms with Gasteiger partial charge in [-0.3, -0.25) is 9.52 Å². The number of carbonyl (C=O) groups excluding carboxylic acids is 1. The van der Waals surface area contributed by atoms with Crippen LogP contribution in [0.5, 0.6) is 0 Å². The van der Waals surface area contributed by atoms with Crippen molar-refractivity contribution in [2.24, 2.45) is 0 Å². The number of aromatic amines is 1. The summed E-state index contributed by atoms with van der Waals surface area (Å²) in [7, 11) is -3.90. The van der Waals surface area contributed by atoms with Crippen molar-refractivity contribution in [3.05, 3.63) is 71.8 Å². The number of pyridine rings is 1. The SMILES string of the molecule is Cc1ncc(-c2cnc3[nH]cc(C(=O)c4cccc(NS(=O)(=O)N5CCCC5)c4F)c3c2)cn1. The smallest absolute Gasteiger partial charge is 0.301 e. The Morgan fingerprint density at radius 3 is 2.50 bits per heavy atom. The number of nitrogens with zero attached hydrogens (tertiary/aromatic N) is 4. The van der Waals surface area contributed by atoms with Gasteiger partial charge in [0.2, 0.25) is 0 Å². The molecule has 5 rings (SSSR count). The first-order valence-corrected chi connectivity index (χ1v) is 12.1. The fourth-order valence-electron chi connectivity index (χ4n) is 3.95. The summed E-state index contributed by atoms with van der Waals surface area (Å²) in [5.41, 5.74) is 1.60. The predicted molar refractivity (Wildman–Crippen MR) is 125 cm³/mol. The highest BCUT2D eigenvalue weighted by Crippen LogP contribution is 2.28. The Hall–Kier alpha value is -3.70. The molecule has 0 spiro atoms. The molecular weight excluding hydrogens is 459 g/mol. The third kappa shape index (κ3) is 4.03. The third-order valence-corrected chi connectivity index (χ3v) is 7.30. The van der Waals surface area contributed by atoms with Gasteiger partial charge >= 0.3 is 10.2 Å². The van der Waals surface area contributed by atoms with Crippen LogP contribution in [-0.4, -0.2) is 51.5 Å². The van der Waals surface area contributed by atoms with E-state index in [-0.39, 0.29) is 16.8 Å². The van der Waals surface area contributed by atoms with Crippen LogP contribution in [0.25, 0.3) is 22.2 Å². The number of aromatic nitrogens is 4. The van der Waals surface area contributed by atoms with Crippen molar-refractivity contribution in [3.8, 4) is 11.1 Å². The van der Waals surface area contributed by atoms with Crippen LogP contribution in [0.15, 0.2) is 49.1 Å². The van der Waals surface area contributed by atoms with E-state index in [1.54, 1.807) is 31.6 Å². The largest absolute Gasteiger partial charge is 0.345 e. The van der Waals surface area contributed by atoms with E-state index in [0.29, 0.717) is 35.5 Å². The molecule has 4 aromatic rings. The zero-order valence-electron chi connectivity index (χ0n) is 18.2. The molecule has 0 amide bonds. The van der Waals surface area contributed by atoms with Gasteiger partial charge in [0.25, 0.3) is 0 Å². The summed E-state index contributed by atoms with van der Waals surface area (Å²) >= 11 is 0. The van der Waals surface area contributed by atoms with Gasteiger partial charge in [0, 0.05) is 60.0 Å². The summed E-state index contributed by atoms with van der Waals surface area (Å²) in [4.78, 5) is 29.0. The first-order valence-electron chi connectivity index (χ1n) is 10.7. The lowest BCUT2D eigenvalue weighted by Gasteiger charge is -2.17. The second kappa shape index (κ2) is 8.58. The molecule has 0 bridgehead atoms. The van der Waals surface area contributed by atoms with Gasteiger partial charge < -0.3 is 4.98 Å². The summed E-state index contributed by atoms with van der Waals surface area (Å²) < 4.78 is 44.0. The predicted octanol–water partition coefficient (Wildman–Crippen LogP) is 3.45. The first kappa shape index (κ1) is 22.1. The second-order valence-corrected chi connectivity index (χ2v) is 9.72. The zero-order valence-corrected chi connectivity index (χ0v) is 19.1. The third-order valence-electron chi connectivity index (χ3n) is 5.78. The quantitative estimate of drug-likeness (QED) is 0.408. The molecular formula is C23H21FN6O3S. The Bertz CT molecular complexity index is 1500. The van der Waals surface area contributed by atoms with Crippen molar-refractivity contribution in [3.63, 3.8) is 0 Å². The maximum Gasteiger partial charge on any atom is 0.301 e. The lowest BCUT2D eigenvalue weighted by atomic mass is 10.0.